The summed E-state index contributed by atoms with van der Waals surface area (Å²) < 4.78 is 0. The Kier molecular flexibility index (Phi) is 11.1. The van der Waals surface area contributed by atoms with Crippen LogP contribution in [0.4, 0.5) is 5.82 Å². The SMILES string of the molecule is CCN(CC)CCCC(C)NC(=NC)NCCC(=O)N1CCN(c2ccccn2)CC1. The van der Waals surface area contributed by atoms with Crippen molar-refractivity contribution in [3.05, 3.63) is 24.4 Å². The number of anilines is 1. The van der Waals surface area contributed by atoms with Gasteiger partial charge in [0.2, 0.25) is 5.91 Å². The van der Waals surface area contributed by atoms with Crippen LogP contribution < -0.4 is 15.5 Å². The van der Waals surface area contributed by atoms with Gasteiger partial charge in [-0.25, -0.2) is 4.98 Å². The van der Waals surface area contributed by atoms with Gasteiger partial charge in [-0.05, 0) is 51.5 Å². The highest BCUT2D eigenvalue weighted by Crippen LogP contribution is 2.12. The van der Waals surface area contributed by atoms with Crippen LogP contribution in [0.1, 0.15) is 40.0 Å². The van der Waals surface area contributed by atoms with E-state index in [1.54, 1.807) is 7.05 Å². The number of carbonyl (C=O) groups is 1. The van der Waals surface area contributed by atoms with E-state index in [1.807, 2.05) is 29.3 Å². The van der Waals surface area contributed by atoms with Gasteiger partial charge in [-0.15, -0.1) is 0 Å². The molecule has 1 atom stereocenters. The first-order valence-corrected chi connectivity index (χ1v) is 11.7. The van der Waals surface area contributed by atoms with Crippen molar-refractivity contribution in [1.29, 1.82) is 0 Å². The van der Waals surface area contributed by atoms with Crippen LogP contribution in [0.25, 0.3) is 0 Å². The Bertz CT molecular complexity index is 655. The Morgan fingerprint density at radius 1 is 1.23 bits per heavy atom. The molecular formula is C23H41N7O. The Morgan fingerprint density at radius 2 is 1.97 bits per heavy atom. The topological polar surface area (TPSA) is 76.1 Å². The number of guanidine groups is 1. The summed E-state index contributed by atoms with van der Waals surface area (Å²) in [6.45, 7) is 13.7. The molecule has 1 unspecified atom stereocenters. The molecule has 1 amide bonds. The van der Waals surface area contributed by atoms with E-state index in [9.17, 15) is 4.79 Å². The molecule has 2 N–H and O–H groups in total. The minimum atomic E-state index is 0.191. The number of aromatic nitrogens is 1. The van der Waals surface area contributed by atoms with Crippen molar-refractivity contribution >= 4 is 17.7 Å². The molecule has 1 aromatic heterocycles. The van der Waals surface area contributed by atoms with Crippen LogP contribution in [0.3, 0.4) is 0 Å². The molecule has 2 rings (SSSR count). The summed E-state index contributed by atoms with van der Waals surface area (Å²) in [5, 5.41) is 6.72. The average Bonchev–Trinajstić information content (AvgIpc) is 2.81. The fourth-order valence-corrected chi connectivity index (χ4v) is 3.83. The minimum Gasteiger partial charge on any atom is -0.356 e. The van der Waals surface area contributed by atoms with E-state index in [-0.39, 0.29) is 5.91 Å². The summed E-state index contributed by atoms with van der Waals surface area (Å²) in [7, 11) is 1.77. The Morgan fingerprint density at radius 3 is 2.58 bits per heavy atom. The standard InChI is InChI=1S/C23H41N7O/c1-5-28(6-2)15-9-10-20(3)27-23(24-4)26-14-12-22(31)30-18-16-29(17-19-30)21-11-7-8-13-25-21/h7-8,11,13,20H,5-6,9-10,12,14-19H2,1-4H3,(H2,24,26,27). The van der Waals surface area contributed by atoms with Gasteiger partial charge in [-0.1, -0.05) is 19.9 Å². The molecule has 1 aliphatic heterocycles. The maximum atomic E-state index is 12.6. The molecule has 1 saturated heterocycles. The smallest absolute Gasteiger partial charge is 0.224 e. The second kappa shape index (κ2) is 13.9. The lowest BCUT2D eigenvalue weighted by molar-refractivity contribution is -0.131. The number of amides is 1. The molecule has 0 aromatic carbocycles. The number of nitrogens with one attached hydrogen (secondary N) is 2. The zero-order valence-electron chi connectivity index (χ0n) is 19.8. The van der Waals surface area contributed by atoms with E-state index >= 15 is 0 Å². The van der Waals surface area contributed by atoms with Gasteiger partial charge in [0.05, 0.1) is 0 Å². The molecule has 0 spiro atoms. The van der Waals surface area contributed by atoms with E-state index in [0.29, 0.717) is 19.0 Å². The quantitative estimate of drug-likeness (QED) is 0.411. The number of pyridine rings is 1. The largest absolute Gasteiger partial charge is 0.356 e. The van der Waals surface area contributed by atoms with Gasteiger partial charge < -0.3 is 25.3 Å². The van der Waals surface area contributed by atoms with E-state index in [4.69, 9.17) is 0 Å². The zero-order chi connectivity index (χ0) is 22.5. The third-order valence-corrected chi connectivity index (χ3v) is 5.85. The van der Waals surface area contributed by atoms with Crippen LogP contribution in [-0.2, 0) is 4.79 Å². The predicted molar refractivity (Wildman–Crippen MR) is 129 cm³/mol. The van der Waals surface area contributed by atoms with E-state index in [1.165, 1.54) is 0 Å². The van der Waals surface area contributed by atoms with Gasteiger partial charge in [0.25, 0.3) is 0 Å². The first kappa shape index (κ1) is 24.9. The van der Waals surface area contributed by atoms with Crippen molar-refractivity contribution in [3.8, 4) is 0 Å². The summed E-state index contributed by atoms with van der Waals surface area (Å²) >= 11 is 0. The van der Waals surface area contributed by atoms with Gasteiger partial charge in [0.1, 0.15) is 5.82 Å². The van der Waals surface area contributed by atoms with Crippen LogP contribution in [0, 0.1) is 0 Å². The monoisotopic (exact) mass is 431 g/mol. The molecule has 0 radical (unpaired) electrons. The number of piperazine rings is 1. The van der Waals surface area contributed by atoms with Gasteiger partial charge in [0, 0.05) is 58.4 Å². The number of hydrogen-bond donors (Lipinski definition) is 2. The van der Waals surface area contributed by atoms with E-state index in [2.05, 4.69) is 51.2 Å². The van der Waals surface area contributed by atoms with Gasteiger partial charge in [-0.2, -0.15) is 0 Å². The number of nitrogens with zero attached hydrogens (tertiary/aromatic N) is 5. The predicted octanol–water partition coefficient (Wildman–Crippen LogP) is 1.80. The van der Waals surface area contributed by atoms with Gasteiger partial charge >= 0.3 is 0 Å². The Hall–Kier alpha value is -2.35. The first-order chi connectivity index (χ1) is 15.1. The maximum Gasteiger partial charge on any atom is 0.224 e. The third-order valence-electron chi connectivity index (χ3n) is 5.85. The normalized spacial score (nSPS) is 15.8. The summed E-state index contributed by atoms with van der Waals surface area (Å²) in [6, 6.07) is 6.28. The Labute approximate surface area is 188 Å². The first-order valence-electron chi connectivity index (χ1n) is 11.7. The van der Waals surface area contributed by atoms with E-state index < -0.39 is 0 Å². The van der Waals surface area contributed by atoms with Gasteiger partial charge in [-0.3, -0.25) is 9.79 Å². The van der Waals surface area contributed by atoms with Crippen molar-refractivity contribution in [1.82, 2.24) is 25.4 Å². The molecule has 2 heterocycles. The summed E-state index contributed by atoms with van der Waals surface area (Å²) in [4.78, 5) is 27.9. The van der Waals surface area contributed by atoms with Crippen LogP contribution >= 0.6 is 0 Å². The Balaban J connectivity index is 1.63. The third kappa shape index (κ3) is 8.73. The van der Waals surface area contributed by atoms with Crippen LogP contribution in [0.5, 0.6) is 0 Å². The molecule has 8 heteroatoms. The van der Waals surface area contributed by atoms with Crippen molar-refractivity contribution in [3.63, 3.8) is 0 Å². The second-order valence-corrected chi connectivity index (χ2v) is 8.02. The lowest BCUT2D eigenvalue weighted by Crippen LogP contribution is -2.50. The van der Waals surface area contributed by atoms with Crippen molar-refractivity contribution < 1.29 is 4.79 Å². The van der Waals surface area contributed by atoms with E-state index in [0.717, 1.165) is 70.4 Å². The fraction of sp³-hybridized carbons (Fsp3) is 0.696. The lowest BCUT2D eigenvalue weighted by Gasteiger charge is -2.35. The zero-order valence-corrected chi connectivity index (χ0v) is 19.8. The molecule has 174 valence electrons. The lowest BCUT2D eigenvalue weighted by atomic mass is 10.2. The molecule has 1 fully saturated rings. The minimum absolute atomic E-state index is 0.191. The maximum absolute atomic E-state index is 12.6. The fourth-order valence-electron chi connectivity index (χ4n) is 3.83. The van der Waals surface area contributed by atoms with Crippen molar-refractivity contribution in [2.75, 3.05) is 64.3 Å². The molecule has 0 saturated carbocycles. The van der Waals surface area contributed by atoms with Crippen LogP contribution in [0.15, 0.2) is 29.4 Å². The average molecular weight is 432 g/mol. The molecule has 8 nitrogen and oxygen atoms in total. The summed E-state index contributed by atoms with van der Waals surface area (Å²) in [5.41, 5.74) is 0. The molecule has 0 aliphatic carbocycles. The number of rotatable bonds is 11. The highest BCUT2D eigenvalue weighted by Gasteiger charge is 2.21. The number of hydrogen-bond acceptors (Lipinski definition) is 5. The highest BCUT2D eigenvalue weighted by molar-refractivity contribution is 5.81. The molecule has 1 aromatic rings. The van der Waals surface area contributed by atoms with Gasteiger partial charge in [0.15, 0.2) is 5.96 Å². The second-order valence-electron chi connectivity index (χ2n) is 8.02. The molecule has 0 bridgehead atoms. The number of carbonyl (C=O) groups excluding carboxylic acids is 1. The van der Waals surface area contributed by atoms with Crippen molar-refractivity contribution in [2.45, 2.75) is 46.1 Å². The highest BCUT2D eigenvalue weighted by atomic mass is 16.2. The summed E-state index contributed by atoms with van der Waals surface area (Å²) in [5.74, 6) is 1.94. The molecular weight excluding hydrogens is 390 g/mol. The van der Waals surface area contributed by atoms with Crippen LogP contribution in [0.2, 0.25) is 0 Å². The summed E-state index contributed by atoms with van der Waals surface area (Å²) in [6.07, 6.45) is 4.54. The number of aliphatic imine (C=N–C) groups is 1. The molecule has 1 aliphatic rings. The molecule has 31 heavy (non-hydrogen) atoms. The van der Waals surface area contributed by atoms with Crippen LogP contribution in [-0.4, -0.2) is 92.1 Å². The van der Waals surface area contributed by atoms with Crippen molar-refractivity contribution in [2.24, 2.45) is 4.99 Å².